The summed E-state index contributed by atoms with van der Waals surface area (Å²) in [4.78, 5) is 33.6. The van der Waals surface area contributed by atoms with Gasteiger partial charge in [-0.05, 0) is 42.8 Å². The number of benzene rings is 1. The smallest absolute Gasteiger partial charge is 0.417 e. The molecule has 1 atom stereocenters. The predicted octanol–water partition coefficient (Wildman–Crippen LogP) is 4.44. The van der Waals surface area contributed by atoms with Crippen molar-refractivity contribution in [1.82, 2.24) is 9.97 Å². The van der Waals surface area contributed by atoms with E-state index in [-0.39, 0.29) is 28.6 Å². The largest absolute Gasteiger partial charge is 0.435 e. The molecule has 4 rings (SSSR count). The van der Waals surface area contributed by atoms with Gasteiger partial charge in [0.1, 0.15) is 11.4 Å². The highest BCUT2D eigenvalue weighted by Crippen LogP contribution is 2.37. The van der Waals surface area contributed by atoms with Crippen LogP contribution in [0.4, 0.5) is 33.3 Å². The van der Waals surface area contributed by atoms with Gasteiger partial charge in [-0.2, -0.15) is 22.0 Å². The molecule has 1 aliphatic heterocycles. The van der Waals surface area contributed by atoms with Crippen LogP contribution in [-0.2, 0) is 6.18 Å². The van der Waals surface area contributed by atoms with Crippen molar-refractivity contribution in [1.29, 1.82) is 0 Å². The van der Waals surface area contributed by atoms with Gasteiger partial charge in [0.15, 0.2) is 0 Å². The summed E-state index contributed by atoms with van der Waals surface area (Å²) in [6, 6.07) is 7.79. The Balaban J connectivity index is 1.58. The molecule has 13 heteroatoms. The Morgan fingerprint density at radius 2 is 1.92 bits per heavy atom. The van der Waals surface area contributed by atoms with Crippen LogP contribution in [0.5, 0.6) is 5.75 Å². The van der Waals surface area contributed by atoms with Crippen molar-refractivity contribution in [3.8, 4) is 5.75 Å². The van der Waals surface area contributed by atoms with E-state index in [0.717, 1.165) is 12.3 Å². The molecule has 3 N–H and O–H groups in total. The summed E-state index contributed by atoms with van der Waals surface area (Å²) in [7, 11) is 0. The zero-order valence-corrected chi connectivity index (χ0v) is 19.0. The first-order valence-electron chi connectivity index (χ1n) is 10.9. The number of amides is 2. The molecule has 0 spiro atoms. The molecule has 8 nitrogen and oxygen atoms in total. The van der Waals surface area contributed by atoms with Crippen LogP contribution in [0.25, 0.3) is 0 Å². The molecular weight excluding hydrogens is 501 g/mol. The topological polar surface area (TPSA) is 110 Å². The van der Waals surface area contributed by atoms with Gasteiger partial charge >= 0.3 is 12.8 Å². The Kier molecular flexibility index (Phi) is 7.23. The average Bonchev–Trinajstić information content (AvgIpc) is 3.34. The molecule has 3 aromatic rings. The molecule has 2 amide bonds. The summed E-state index contributed by atoms with van der Waals surface area (Å²) in [5.41, 5.74) is 5.18. The molecule has 2 aromatic heterocycles. The standard InChI is InChI=1S/C24H20F5N5O3/c25-23(26)37-20-2-1-13(22(36)33-16-8-15(10-31-11-16)24(27,28)29)7-18(20)14-4-6-34(12-14)17-3-5-32-19(9-17)21(30)35/h1-3,5,7-11,14,23H,4,6,12H2,(H2,30,35)(H,33,36). The quantitative estimate of drug-likeness (QED) is 0.445. The molecule has 1 fully saturated rings. The molecular formula is C24H20F5N5O3. The number of alkyl halides is 5. The minimum atomic E-state index is -4.64. The van der Waals surface area contributed by atoms with Gasteiger partial charge in [0.2, 0.25) is 0 Å². The number of carbonyl (C=O) groups is 2. The monoisotopic (exact) mass is 521 g/mol. The molecule has 1 saturated heterocycles. The first-order chi connectivity index (χ1) is 17.5. The van der Waals surface area contributed by atoms with Gasteiger partial charge in [0.25, 0.3) is 11.8 Å². The lowest BCUT2D eigenvalue weighted by Gasteiger charge is -2.20. The number of hydrogen-bond donors (Lipinski definition) is 2. The molecule has 1 aromatic carbocycles. The normalized spacial score (nSPS) is 15.6. The zero-order valence-electron chi connectivity index (χ0n) is 19.0. The lowest BCUT2D eigenvalue weighted by molar-refractivity contribution is -0.137. The van der Waals surface area contributed by atoms with Gasteiger partial charge in [0, 0.05) is 48.2 Å². The molecule has 194 valence electrons. The van der Waals surface area contributed by atoms with Gasteiger partial charge in [0.05, 0.1) is 17.4 Å². The van der Waals surface area contributed by atoms with Gasteiger partial charge in [-0.3, -0.25) is 19.6 Å². The minimum Gasteiger partial charge on any atom is -0.435 e. The van der Waals surface area contributed by atoms with Gasteiger partial charge < -0.3 is 20.7 Å². The number of nitrogens with zero attached hydrogens (tertiary/aromatic N) is 3. The van der Waals surface area contributed by atoms with Crippen LogP contribution in [0.2, 0.25) is 0 Å². The van der Waals surface area contributed by atoms with Gasteiger partial charge in [-0.25, -0.2) is 0 Å². The number of ether oxygens (including phenoxy) is 1. The van der Waals surface area contributed by atoms with Crippen LogP contribution in [0.15, 0.2) is 55.0 Å². The summed E-state index contributed by atoms with van der Waals surface area (Å²) in [5.74, 6) is -1.89. The Morgan fingerprint density at radius 3 is 2.62 bits per heavy atom. The van der Waals surface area contributed by atoms with Crippen LogP contribution < -0.4 is 20.7 Å². The van der Waals surface area contributed by atoms with E-state index in [4.69, 9.17) is 5.73 Å². The number of primary amides is 1. The fourth-order valence-electron chi connectivity index (χ4n) is 4.08. The van der Waals surface area contributed by atoms with Crippen LogP contribution >= 0.6 is 0 Å². The fraction of sp³-hybridized carbons (Fsp3) is 0.250. The maximum Gasteiger partial charge on any atom is 0.417 e. The zero-order chi connectivity index (χ0) is 26.7. The Bertz CT molecular complexity index is 1320. The van der Waals surface area contributed by atoms with Crippen LogP contribution in [0, 0.1) is 0 Å². The van der Waals surface area contributed by atoms with Crippen LogP contribution in [0.1, 0.15) is 44.3 Å². The second-order valence-corrected chi connectivity index (χ2v) is 8.24. The number of pyridine rings is 2. The second kappa shape index (κ2) is 10.4. The SMILES string of the molecule is NC(=O)c1cc(N2CCC(c3cc(C(=O)Nc4cncc(C(F)(F)F)c4)ccc3OC(F)F)C2)ccn1. The third-order valence-corrected chi connectivity index (χ3v) is 5.80. The highest BCUT2D eigenvalue weighted by molar-refractivity contribution is 6.04. The van der Waals surface area contributed by atoms with Crippen molar-refractivity contribution in [2.45, 2.75) is 25.1 Å². The molecule has 3 heterocycles. The summed E-state index contributed by atoms with van der Waals surface area (Å²) in [5, 5.41) is 2.35. The Morgan fingerprint density at radius 1 is 1.14 bits per heavy atom. The Hall–Kier alpha value is -4.29. The molecule has 0 saturated carbocycles. The number of aromatic nitrogens is 2. The minimum absolute atomic E-state index is 0.0346. The van der Waals surface area contributed by atoms with Crippen LogP contribution in [-0.4, -0.2) is 41.5 Å². The fourth-order valence-corrected chi connectivity index (χ4v) is 4.08. The summed E-state index contributed by atoms with van der Waals surface area (Å²) in [6.07, 6.45) is -1.01. The number of carbonyl (C=O) groups excluding carboxylic acids is 2. The van der Waals surface area contributed by atoms with Crippen molar-refractivity contribution >= 4 is 23.2 Å². The lowest BCUT2D eigenvalue weighted by atomic mass is 9.95. The van der Waals surface area contributed by atoms with E-state index in [0.29, 0.717) is 37.0 Å². The maximum atomic E-state index is 13.1. The number of anilines is 2. The molecule has 1 aliphatic rings. The maximum absolute atomic E-state index is 13.1. The summed E-state index contributed by atoms with van der Waals surface area (Å²) < 4.78 is 69.7. The highest BCUT2D eigenvalue weighted by Gasteiger charge is 2.32. The first-order valence-corrected chi connectivity index (χ1v) is 10.9. The van der Waals surface area contributed by atoms with E-state index in [1.807, 2.05) is 4.90 Å². The number of hydrogen-bond acceptors (Lipinski definition) is 6. The second-order valence-electron chi connectivity index (χ2n) is 8.24. The molecule has 0 bridgehead atoms. The van der Waals surface area contributed by atoms with E-state index < -0.39 is 30.2 Å². The van der Waals surface area contributed by atoms with Crippen molar-refractivity contribution < 1.29 is 36.3 Å². The average molecular weight is 521 g/mol. The van der Waals surface area contributed by atoms with E-state index in [1.165, 1.54) is 30.5 Å². The van der Waals surface area contributed by atoms with Crippen molar-refractivity contribution in [2.75, 3.05) is 23.3 Å². The molecule has 1 unspecified atom stereocenters. The van der Waals surface area contributed by atoms with Crippen molar-refractivity contribution in [2.24, 2.45) is 5.73 Å². The van der Waals surface area contributed by atoms with E-state index >= 15 is 0 Å². The number of nitrogens with two attached hydrogens (primary N) is 1. The number of halogens is 5. The highest BCUT2D eigenvalue weighted by atomic mass is 19.4. The predicted molar refractivity (Wildman–Crippen MR) is 123 cm³/mol. The van der Waals surface area contributed by atoms with E-state index in [2.05, 4.69) is 20.0 Å². The van der Waals surface area contributed by atoms with E-state index in [1.54, 1.807) is 6.07 Å². The van der Waals surface area contributed by atoms with Crippen molar-refractivity contribution in [3.63, 3.8) is 0 Å². The van der Waals surface area contributed by atoms with Gasteiger partial charge in [-0.15, -0.1) is 0 Å². The third-order valence-electron chi connectivity index (χ3n) is 5.80. The molecule has 0 aliphatic carbocycles. The number of rotatable bonds is 7. The summed E-state index contributed by atoms with van der Waals surface area (Å²) in [6.45, 7) is -2.25. The number of nitrogens with one attached hydrogen (secondary N) is 1. The molecule has 0 radical (unpaired) electrons. The van der Waals surface area contributed by atoms with Crippen molar-refractivity contribution in [3.05, 3.63) is 77.4 Å². The Labute approximate surface area is 207 Å². The van der Waals surface area contributed by atoms with Gasteiger partial charge in [-0.1, -0.05) is 0 Å². The van der Waals surface area contributed by atoms with Crippen LogP contribution in [0.3, 0.4) is 0 Å². The lowest BCUT2D eigenvalue weighted by Crippen LogP contribution is -2.21. The van der Waals surface area contributed by atoms with E-state index in [9.17, 15) is 31.5 Å². The third kappa shape index (κ3) is 6.11. The first kappa shape index (κ1) is 25.8. The molecule has 37 heavy (non-hydrogen) atoms. The summed E-state index contributed by atoms with van der Waals surface area (Å²) >= 11 is 0.